The Morgan fingerprint density at radius 3 is 3.18 bits per heavy atom. The number of nitrogens with zero attached hydrogens (tertiary/aromatic N) is 4. The second kappa shape index (κ2) is 4.34. The minimum absolute atomic E-state index is 0.511. The maximum atomic E-state index is 8.87. The van der Waals surface area contributed by atoms with Gasteiger partial charge in [0.15, 0.2) is 0 Å². The minimum Gasteiger partial charge on any atom is -0.369 e. The molecule has 2 fully saturated rings. The van der Waals surface area contributed by atoms with Crippen LogP contribution >= 0.6 is 0 Å². The van der Waals surface area contributed by atoms with E-state index in [0.29, 0.717) is 11.7 Å². The van der Waals surface area contributed by atoms with Gasteiger partial charge in [-0.2, -0.15) is 5.26 Å². The summed E-state index contributed by atoms with van der Waals surface area (Å²) >= 11 is 0. The highest BCUT2D eigenvalue weighted by atomic mass is 15.3. The summed E-state index contributed by atoms with van der Waals surface area (Å²) in [6, 6.07) is 6.71. The maximum absolute atomic E-state index is 8.87. The molecule has 3 rings (SSSR count). The van der Waals surface area contributed by atoms with Crippen molar-refractivity contribution in [1.82, 2.24) is 9.88 Å². The Balaban J connectivity index is 1.78. The van der Waals surface area contributed by atoms with Crippen molar-refractivity contribution in [2.75, 3.05) is 31.1 Å². The zero-order valence-corrected chi connectivity index (χ0v) is 9.84. The number of hydrogen-bond donors (Lipinski definition) is 0. The Bertz CT molecular complexity index is 451. The fourth-order valence-corrected chi connectivity index (χ4v) is 2.90. The third kappa shape index (κ3) is 1.98. The van der Waals surface area contributed by atoms with Crippen molar-refractivity contribution in [2.45, 2.75) is 18.9 Å². The van der Waals surface area contributed by atoms with Crippen LogP contribution in [-0.4, -0.2) is 42.1 Å². The molecule has 1 aromatic heterocycles. The van der Waals surface area contributed by atoms with Crippen molar-refractivity contribution in [1.29, 1.82) is 5.26 Å². The van der Waals surface area contributed by atoms with Crippen LogP contribution in [0.25, 0.3) is 0 Å². The molecule has 0 aliphatic carbocycles. The van der Waals surface area contributed by atoms with Gasteiger partial charge >= 0.3 is 0 Å². The monoisotopic (exact) mass is 228 g/mol. The number of fused-ring (bicyclic) bond motifs is 1. The van der Waals surface area contributed by atoms with Gasteiger partial charge in [-0.05, 0) is 31.5 Å². The molecule has 4 nitrogen and oxygen atoms in total. The molecule has 2 aliphatic rings. The van der Waals surface area contributed by atoms with Crippen LogP contribution in [0.5, 0.6) is 0 Å². The smallest absolute Gasteiger partial charge is 0.142 e. The lowest BCUT2D eigenvalue weighted by Crippen LogP contribution is -2.50. The van der Waals surface area contributed by atoms with Gasteiger partial charge in [0.05, 0.1) is 0 Å². The molecule has 1 aromatic rings. The second-order valence-electron chi connectivity index (χ2n) is 4.79. The zero-order valence-electron chi connectivity index (χ0n) is 9.84. The Hall–Kier alpha value is -1.60. The van der Waals surface area contributed by atoms with Crippen LogP contribution in [0.15, 0.2) is 18.3 Å². The standard InChI is InChI=1S/C13H16N4/c14-9-11-8-12(3-4-15-11)17-7-6-16-5-1-2-13(16)10-17/h3-4,8,13H,1-2,5-7,10H2. The average molecular weight is 228 g/mol. The van der Waals surface area contributed by atoms with Crippen LogP contribution in [0.3, 0.4) is 0 Å². The SMILES string of the molecule is N#Cc1cc(N2CCN3CCCC3C2)ccn1. The first-order valence-corrected chi connectivity index (χ1v) is 6.22. The van der Waals surface area contributed by atoms with Crippen LogP contribution < -0.4 is 4.90 Å². The lowest BCUT2D eigenvalue weighted by atomic mass is 10.1. The Morgan fingerprint density at radius 1 is 1.35 bits per heavy atom. The molecule has 0 aromatic carbocycles. The van der Waals surface area contributed by atoms with Crippen molar-refractivity contribution >= 4 is 5.69 Å². The normalized spacial score (nSPS) is 24.4. The molecule has 3 heterocycles. The summed E-state index contributed by atoms with van der Waals surface area (Å²) in [6.07, 6.45) is 4.37. The van der Waals surface area contributed by atoms with Gasteiger partial charge in [0.25, 0.3) is 0 Å². The lowest BCUT2D eigenvalue weighted by molar-refractivity contribution is 0.231. The predicted octanol–water partition coefficient (Wildman–Crippen LogP) is 1.24. The second-order valence-corrected chi connectivity index (χ2v) is 4.79. The van der Waals surface area contributed by atoms with E-state index in [9.17, 15) is 0 Å². The number of rotatable bonds is 1. The molecule has 1 atom stereocenters. The number of nitriles is 1. The van der Waals surface area contributed by atoms with Gasteiger partial charge < -0.3 is 4.90 Å². The van der Waals surface area contributed by atoms with Crippen molar-refractivity contribution < 1.29 is 0 Å². The summed E-state index contributed by atoms with van der Waals surface area (Å²) in [7, 11) is 0. The van der Waals surface area contributed by atoms with E-state index < -0.39 is 0 Å². The highest BCUT2D eigenvalue weighted by Crippen LogP contribution is 2.25. The molecule has 1 unspecified atom stereocenters. The molecule has 0 amide bonds. The molecule has 17 heavy (non-hydrogen) atoms. The first-order chi connectivity index (χ1) is 8.36. The van der Waals surface area contributed by atoms with Crippen LogP contribution in [-0.2, 0) is 0 Å². The summed E-state index contributed by atoms with van der Waals surface area (Å²) in [4.78, 5) is 8.99. The molecular formula is C13H16N4. The van der Waals surface area contributed by atoms with Crippen LogP contribution in [0.4, 0.5) is 5.69 Å². The lowest BCUT2D eigenvalue weighted by Gasteiger charge is -2.38. The average Bonchev–Trinajstić information content (AvgIpc) is 2.86. The van der Waals surface area contributed by atoms with Crippen molar-refractivity contribution in [2.24, 2.45) is 0 Å². The van der Waals surface area contributed by atoms with Gasteiger partial charge in [-0.15, -0.1) is 0 Å². The van der Waals surface area contributed by atoms with Crippen LogP contribution in [0.2, 0.25) is 0 Å². The molecule has 2 saturated heterocycles. The first-order valence-electron chi connectivity index (χ1n) is 6.22. The van der Waals surface area contributed by atoms with Gasteiger partial charge in [0.1, 0.15) is 11.8 Å². The van der Waals surface area contributed by atoms with Crippen molar-refractivity contribution in [3.8, 4) is 6.07 Å². The molecule has 0 saturated carbocycles. The van der Waals surface area contributed by atoms with E-state index in [4.69, 9.17) is 5.26 Å². The summed E-state index contributed by atoms with van der Waals surface area (Å²) in [5.74, 6) is 0. The van der Waals surface area contributed by atoms with Gasteiger partial charge in [-0.1, -0.05) is 0 Å². The number of anilines is 1. The van der Waals surface area contributed by atoms with Gasteiger partial charge in [-0.25, -0.2) is 4.98 Å². The van der Waals surface area contributed by atoms with E-state index in [1.165, 1.54) is 19.4 Å². The Kier molecular flexibility index (Phi) is 2.69. The van der Waals surface area contributed by atoms with E-state index in [1.54, 1.807) is 6.20 Å². The summed E-state index contributed by atoms with van der Waals surface area (Å²) < 4.78 is 0. The maximum Gasteiger partial charge on any atom is 0.142 e. The predicted molar refractivity (Wildman–Crippen MR) is 65.8 cm³/mol. The molecule has 88 valence electrons. The summed E-state index contributed by atoms with van der Waals surface area (Å²) in [5.41, 5.74) is 1.65. The fraction of sp³-hybridized carbons (Fsp3) is 0.538. The van der Waals surface area contributed by atoms with Gasteiger partial charge in [0, 0.05) is 37.6 Å². The van der Waals surface area contributed by atoms with Gasteiger partial charge in [0.2, 0.25) is 0 Å². The van der Waals surface area contributed by atoms with Gasteiger partial charge in [-0.3, -0.25) is 4.90 Å². The molecule has 0 radical (unpaired) electrons. The van der Waals surface area contributed by atoms with Crippen LogP contribution in [0, 0.1) is 11.3 Å². The third-order valence-electron chi connectivity index (χ3n) is 3.81. The highest BCUT2D eigenvalue weighted by Gasteiger charge is 2.30. The molecule has 0 N–H and O–H groups in total. The molecule has 0 bridgehead atoms. The number of pyridine rings is 1. The van der Waals surface area contributed by atoms with E-state index in [0.717, 1.165) is 25.3 Å². The molecule has 0 spiro atoms. The van der Waals surface area contributed by atoms with Crippen molar-refractivity contribution in [3.05, 3.63) is 24.0 Å². The van der Waals surface area contributed by atoms with E-state index in [-0.39, 0.29) is 0 Å². The molecule has 2 aliphatic heterocycles. The quantitative estimate of drug-likeness (QED) is 0.725. The largest absolute Gasteiger partial charge is 0.369 e. The van der Waals surface area contributed by atoms with E-state index >= 15 is 0 Å². The summed E-state index contributed by atoms with van der Waals surface area (Å²) in [5, 5.41) is 8.87. The molecule has 4 heteroatoms. The fourth-order valence-electron chi connectivity index (χ4n) is 2.90. The first kappa shape index (κ1) is 10.5. The number of aromatic nitrogens is 1. The Labute approximate surface area is 101 Å². The van der Waals surface area contributed by atoms with Crippen molar-refractivity contribution in [3.63, 3.8) is 0 Å². The summed E-state index contributed by atoms with van der Waals surface area (Å²) in [6.45, 7) is 4.56. The topological polar surface area (TPSA) is 43.2 Å². The van der Waals surface area contributed by atoms with E-state index in [2.05, 4.69) is 20.9 Å². The van der Waals surface area contributed by atoms with E-state index in [1.807, 2.05) is 12.1 Å². The highest BCUT2D eigenvalue weighted by molar-refractivity contribution is 5.49. The zero-order chi connectivity index (χ0) is 11.7. The number of hydrogen-bond acceptors (Lipinski definition) is 4. The molecular weight excluding hydrogens is 212 g/mol. The third-order valence-corrected chi connectivity index (χ3v) is 3.81. The van der Waals surface area contributed by atoms with Crippen LogP contribution in [0.1, 0.15) is 18.5 Å². The Morgan fingerprint density at radius 2 is 2.29 bits per heavy atom. The minimum atomic E-state index is 0.511. The number of piperazine rings is 1.